The monoisotopic (exact) mass is 333 g/mol. The van der Waals surface area contributed by atoms with Crippen LogP contribution in [0.2, 0.25) is 0 Å². The number of hydrogen-bond acceptors (Lipinski definition) is 3. The number of nitrogens with zero attached hydrogens (tertiary/aromatic N) is 3. The summed E-state index contributed by atoms with van der Waals surface area (Å²) in [5.41, 5.74) is 1.30. The fraction of sp³-hybridized carbons (Fsp3) is 0.412. The van der Waals surface area contributed by atoms with Crippen LogP contribution in [-0.4, -0.2) is 62.2 Å². The molecule has 0 radical (unpaired) electrons. The summed E-state index contributed by atoms with van der Waals surface area (Å²) in [6.07, 6.45) is 0. The summed E-state index contributed by atoms with van der Waals surface area (Å²) in [6.45, 7) is 3.47. The Labute approximate surface area is 138 Å². The lowest BCUT2D eigenvalue weighted by Crippen LogP contribution is -2.51. The van der Waals surface area contributed by atoms with Crippen molar-refractivity contribution in [3.63, 3.8) is 0 Å². The molecule has 0 aromatic heterocycles. The molecule has 1 aliphatic rings. The summed E-state index contributed by atoms with van der Waals surface area (Å²) in [6, 6.07) is 14.8. The van der Waals surface area contributed by atoms with Crippen LogP contribution in [0.3, 0.4) is 0 Å². The van der Waals surface area contributed by atoms with Crippen LogP contribution in [0, 0.1) is 0 Å². The van der Waals surface area contributed by atoms with Crippen LogP contribution in [0.4, 0.5) is 0 Å². The van der Waals surface area contributed by atoms with Crippen LogP contribution in [0.25, 0.3) is 10.8 Å². The van der Waals surface area contributed by atoms with E-state index in [1.165, 1.54) is 20.6 Å². The fourth-order valence-corrected chi connectivity index (χ4v) is 4.11. The molecular weight excluding hydrogens is 310 g/mol. The maximum atomic E-state index is 12.2. The molecule has 6 heteroatoms. The number of benzene rings is 2. The van der Waals surface area contributed by atoms with Gasteiger partial charge in [-0.15, -0.1) is 0 Å². The van der Waals surface area contributed by atoms with Crippen LogP contribution in [0.1, 0.15) is 5.56 Å². The summed E-state index contributed by atoms with van der Waals surface area (Å²) in [5.74, 6) is 0. The molecule has 0 aliphatic carbocycles. The van der Waals surface area contributed by atoms with E-state index >= 15 is 0 Å². The van der Waals surface area contributed by atoms with E-state index in [1.54, 1.807) is 18.4 Å². The van der Waals surface area contributed by atoms with E-state index in [4.69, 9.17) is 0 Å². The highest BCUT2D eigenvalue weighted by molar-refractivity contribution is 7.86. The van der Waals surface area contributed by atoms with Crippen molar-refractivity contribution in [3.8, 4) is 0 Å². The second-order valence-electron chi connectivity index (χ2n) is 6.10. The summed E-state index contributed by atoms with van der Waals surface area (Å²) < 4.78 is 27.2. The number of fused-ring (bicyclic) bond motifs is 1. The molecule has 124 valence electrons. The highest BCUT2D eigenvalue weighted by atomic mass is 32.2. The SMILES string of the molecule is CN(C)S(=O)(=O)N1CCN(Cc2cccc3ccccc23)CC1. The molecule has 5 nitrogen and oxygen atoms in total. The third kappa shape index (κ3) is 3.40. The van der Waals surface area contributed by atoms with E-state index in [1.807, 2.05) is 0 Å². The highest BCUT2D eigenvalue weighted by Gasteiger charge is 2.28. The van der Waals surface area contributed by atoms with E-state index in [0.29, 0.717) is 13.1 Å². The maximum Gasteiger partial charge on any atom is 0.281 e. The van der Waals surface area contributed by atoms with Crippen LogP contribution >= 0.6 is 0 Å². The van der Waals surface area contributed by atoms with Crippen molar-refractivity contribution < 1.29 is 8.42 Å². The predicted molar refractivity (Wildman–Crippen MR) is 93.4 cm³/mol. The first-order valence-electron chi connectivity index (χ1n) is 7.85. The Morgan fingerprint density at radius 2 is 1.61 bits per heavy atom. The lowest BCUT2D eigenvalue weighted by Gasteiger charge is -2.35. The third-order valence-corrected chi connectivity index (χ3v) is 6.33. The molecule has 0 bridgehead atoms. The van der Waals surface area contributed by atoms with Crippen molar-refractivity contribution in [2.75, 3.05) is 40.3 Å². The third-order valence-electron chi connectivity index (χ3n) is 4.39. The lowest BCUT2D eigenvalue weighted by atomic mass is 10.0. The Hall–Kier alpha value is -1.47. The molecule has 0 amide bonds. The molecule has 2 aromatic carbocycles. The highest BCUT2D eigenvalue weighted by Crippen LogP contribution is 2.21. The van der Waals surface area contributed by atoms with E-state index < -0.39 is 10.2 Å². The van der Waals surface area contributed by atoms with Crippen LogP contribution in [-0.2, 0) is 16.8 Å². The first kappa shape index (κ1) is 16.4. The van der Waals surface area contributed by atoms with Crippen LogP contribution in [0.15, 0.2) is 42.5 Å². The van der Waals surface area contributed by atoms with Gasteiger partial charge in [0, 0.05) is 46.8 Å². The second kappa shape index (κ2) is 6.57. The van der Waals surface area contributed by atoms with Crippen molar-refractivity contribution in [2.24, 2.45) is 0 Å². The average molecular weight is 333 g/mol. The largest absolute Gasteiger partial charge is 0.296 e. The summed E-state index contributed by atoms with van der Waals surface area (Å²) >= 11 is 0. The van der Waals surface area contributed by atoms with Gasteiger partial charge in [-0.3, -0.25) is 4.90 Å². The minimum Gasteiger partial charge on any atom is -0.296 e. The van der Waals surface area contributed by atoms with Gasteiger partial charge in [0.2, 0.25) is 0 Å². The minimum absolute atomic E-state index is 0.547. The molecule has 0 N–H and O–H groups in total. The summed E-state index contributed by atoms with van der Waals surface area (Å²) in [5, 5.41) is 2.53. The zero-order chi connectivity index (χ0) is 16.4. The van der Waals surface area contributed by atoms with Gasteiger partial charge in [0.25, 0.3) is 10.2 Å². The number of piperazine rings is 1. The molecule has 1 fully saturated rings. The van der Waals surface area contributed by atoms with E-state index in [0.717, 1.165) is 19.6 Å². The second-order valence-corrected chi connectivity index (χ2v) is 8.25. The number of hydrogen-bond donors (Lipinski definition) is 0. The molecule has 0 saturated carbocycles. The van der Waals surface area contributed by atoms with Gasteiger partial charge in [-0.2, -0.15) is 17.0 Å². The van der Waals surface area contributed by atoms with Crippen molar-refractivity contribution >= 4 is 21.0 Å². The maximum absolute atomic E-state index is 12.2. The lowest BCUT2D eigenvalue weighted by molar-refractivity contribution is 0.178. The Bertz CT molecular complexity index is 776. The summed E-state index contributed by atoms with van der Waals surface area (Å²) in [4.78, 5) is 2.32. The van der Waals surface area contributed by atoms with Gasteiger partial charge in [-0.1, -0.05) is 42.5 Å². The molecule has 2 aromatic rings. The zero-order valence-electron chi connectivity index (χ0n) is 13.6. The quantitative estimate of drug-likeness (QED) is 0.856. The van der Waals surface area contributed by atoms with Crippen molar-refractivity contribution in [3.05, 3.63) is 48.0 Å². The van der Waals surface area contributed by atoms with E-state index in [-0.39, 0.29) is 0 Å². The van der Waals surface area contributed by atoms with Crippen molar-refractivity contribution in [1.82, 2.24) is 13.5 Å². The van der Waals surface area contributed by atoms with Gasteiger partial charge in [0.05, 0.1) is 0 Å². The first-order valence-corrected chi connectivity index (χ1v) is 9.25. The molecule has 1 heterocycles. The Morgan fingerprint density at radius 1 is 0.957 bits per heavy atom. The van der Waals surface area contributed by atoms with Gasteiger partial charge in [0.1, 0.15) is 0 Å². The van der Waals surface area contributed by atoms with Crippen molar-refractivity contribution in [2.45, 2.75) is 6.54 Å². The molecule has 3 rings (SSSR count). The van der Waals surface area contributed by atoms with Crippen molar-refractivity contribution in [1.29, 1.82) is 0 Å². The Kier molecular flexibility index (Phi) is 4.68. The molecule has 1 aliphatic heterocycles. The van der Waals surface area contributed by atoms with Gasteiger partial charge in [-0.05, 0) is 16.3 Å². The molecule has 0 spiro atoms. The minimum atomic E-state index is -3.29. The zero-order valence-corrected chi connectivity index (χ0v) is 14.5. The van der Waals surface area contributed by atoms with Crippen LogP contribution in [0.5, 0.6) is 0 Å². The van der Waals surface area contributed by atoms with Gasteiger partial charge in [-0.25, -0.2) is 0 Å². The van der Waals surface area contributed by atoms with E-state index in [9.17, 15) is 8.42 Å². The molecule has 23 heavy (non-hydrogen) atoms. The summed E-state index contributed by atoms with van der Waals surface area (Å²) in [7, 11) is -0.129. The Balaban J connectivity index is 1.69. The predicted octanol–water partition coefficient (Wildman–Crippen LogP) is 1.76. The normalized spacial score (nSPS) is 17.9. The molecule has 1 saturated heterocycles. The molecular formula is C17H23N3O2S. The van der Waals surface area contributed by atoms with Crippen LogP contribution < -0.4 is 0 Å². The Morgan fingerprint density at radius 3 is 2.30 bits per heavy atom. The van der Waals surface area contributed by atoms with E-state index in [2.05, 4.69) is 47.4 Å². The van der Waals surface area contributed by atoms with Gasteiger partial charge < -0.3 is 0 Å². The average Bonchev–Trinajstić information content (AvgIpc) is 2.55. The number of rotatable bonds is 4. The fourth-order valence-electron chi connectivity index (χ4n) is 3.02. The first-order chi connectivity index (χ1) is 11.0. The topological polar surface area (TPSA) is 43.9 Å². The van der Waals surface area contributed by atoms with Gasteiger partial charge >= 0.3 is 0 Å². The smallest absolute Gasteiger partial charge is 0.281 e. The molecule has 0 unspecified atom stereocenters. The standard InChI is InChI=1S/C17H23N3O2S/c1-18(2)23(21,22)20-12-10-19(11-13-20)14-16-8-5-7-15-6-3-4-9-17(15)16/h3-9H,10-14H2,1-2H3. The molecule has 0 atom stereocenters. The van der Waals surface area contributed by atoms with Gasteiger partial charge in [0.15, 0.2) is 0 Å².